The molecule has 0 spiro atoms. The normalized spacial score (nSPS) is 44.7. The highest BCUT2D eigenvalue weighted by Crippen LogP contribution is 2.51. The van der Waals surface area contributed by atoms with Gasteiger partial charge in [-0.15, -0.1) is 0 Å². The molecule has 7 atom stereocenters. The molecule has 10 fully saturated rings. The highest BCUT2D eigenvalue weighted by Gasteiger charge is 2.55. The van der Waals surface area contributed by atoms with Crippen LogP contribution in [0.4, 0.5) is 0 Å². The zero-order chi connectivity index (χ0) is 37.3. The molecule has 56 heavy (non-hydrogen) atoms. The van der Waals surface area contributed by atoms with E-state index >= 15 is 0 Å². The third-order valence-corrected chi connectivity index (χ3v) is 19.4. The Bertz CT molecular complexity index is 1140. The van der Waals surface area contributed by atoms with E-state index in [2.05, 4.69) is 31.1 Å². The van der Waals surface area contributed by atoms with E-state index in [0.717, 1.165) is 71.6 Å². The largest absolute Gasteiger partial charge is 0.301 e. The van der Waals surface area contributed by atoms with Gasteiger partial charge in [-0.1, -0.05) is 77.0 Å². The minimum atomic E-state index is 0.526. The maximum absolute atomic E-state index is 4.24. The monoisotopic (exact) mass is 773 g/mol. The summed E-state index contributed by atoms with van der Waals surface area (Å²) in [6.07, 6.45) is 51.0. The Morgan fingerprint density at radius 1 is 0.357 bits per heavy atom. The van der Waals surface area contributed by atoms with E-state index in [1.165, 1.54) is 218 Å². The van der Waals surface area contributed by atoms with Crippen molar-refractivity contribution in [2.45, 2.75) is 267 Å². The van der Waals surface area contributed by atoms with Crippen molar-refractivity contribution >= 4 is 0 Å². The minimum Gasteiger partial charge on any atom is -0.301 e. The van der Waals surface area contributed by atoms with Crippen molar-refractivity contribution in [1.82, 2.24) is 31.1 Å². The molecule has 7 saturated carbocycles. The summed E-state index contributed by atoms with van der Waals surface area (Å²) in [7, 11) is 0. The average molecular weight is 773 g/mol. The summed E-state index contributed by atoms with van der Waals surface area (Å²) in [4.78, 5) is 6.47. The van der Waals surface area contributed by atoms with Crippen molar-refractivity contribution in [2.24, 2.45) is 41.4 Å². The Morgan fingerprint density at radius 2 is 0.821 bits per heavy atom. The topological polar surface area (TPSA) is 54.6 Å². The quantitative estimate of drug-likeness (QED) is 0.197. The predicted octanol–water partition coefficient (Wildman–Crippen LogP) is 10.4. The average Bonchev–Trinajstić information content (AvgIpc) is 3.61. The number of nitrogens with one attached hydrogen (secondary N) is 4. The number of nitrogens with zero attached hydrogens (tertiary/aromatic N) is 2. The highest BCUT2D eigenvalue weighted by atomic mass is 15.4. The summed E-state index contributed by atoms with van der Waals surface area (Å²) in [6.45, 7) is 1.26. The van der Waals surface area contributed by atoms with Gasteiger partial charge in [0.25, 0.3) is 0 Å². The first-order valence-corrected chi connectivity index (χ1v) is 26.3. The van der Waals surface area contributed by atoms with Crippen LogP contribution in [-0.4, -0.2) is 71.2 Å². The molecule has 3 aliphatic heterocycles. The molecule has 0 aromatic heterocycles. The number of hydrogen-bond acceptors (Lipinski definition) is 6. The molecule has 4 N–H and O–H groups in total. The Kier molecular flexibility index (Phi) is 13.4. The summed E-state index contributed by atoms with van der Waals surface area (Å²) in [5.41, 5.74) is 0. The van der Waals surface area contributed by atoms with E-state index in [9.17, 15) is 0 Å². The summed E-state index contributed by atoms with van der Waals surface area (Å²) in [6, 6.07) is 4.39. The van der Waals surface area contributed by atoms with Crippen LogP contribution in [0.3, 0.4) is 0 Å². The van der Waals surface area contributed by atoms with Crippen molar-refractivity contribution in [3.63, 3.8) is 0 Å². The Balaban J connectivity index is 0.749. The maximum Gasteiger partial charge on any atom is 0.0634 e. The first-order valence-electron chi connectivity index (χ1n) is 26.3. The summed E-state index contributed by atoms with van der Waals surface area (Å²) in [5, 5.41) is 16.9. The number of rotatable bonds is 8. The van der Waals surface area contributed by atoms with Gasteiger partial charge in [0, 0.05) is 30.2 Å². The van der Waals surface area contributed by atoms with Crippen LogP contribution >= 0.6 is 0 Å². The maximum atomic E-state index is 4.24. The van der Waals surface area contributed by atoms with Crippen molar-refractivity contribution in [3.05, 3.63) is 0 Å². The lowest BCUT2D eigenvalue weighted by Crippen LogP contribution is -2.72. The van der Waals surface area contributed by atoms with Gasteiger partial charge in [-0.25, -0.2) is 0 Å². The first kappa shape index (κ1) is 39.9. The fourth-order valence-corrected chi connectivity index (χ4v) is 16.6. The number of likely N-dealkylation sites (tertiary alicyclic amines) is 1. The molecule has 318 valence electrons. The second-order valence-corrected chi connectivity index (χ2v) is 22.4. The standard InChI is InChI=1S/C50H88N6/c1-5-14-37(15-6-1)47-52-48(38-16-7-2-8-17-38)54-49(53-47)39-25-23-35(24-26-39)36-27-29-42(30-28-36)56-46-32-31-43(34-45(46)44-22-13-33-51-50(44)56)55(40-18-9-3-10-19-40)41-20-11-4-12-21-41/h35-54H,1-34H2. The van der Waals surface area contributed by atoms with E-state index in [4.69, 9.17) is 0 Å². The van der Waals surface area contributed by atoms with Gasteiger partial charge in [0.15, 0.2) is 0 Å². The van der Waals surface area contributed by atoms with Gasteiger partial charge >= 0.3 is 0 Å². The fraction of sp³-hybridized carbons (Fsp3) is 1.00. The zero-order valence-electron chi connectivity index (χ0n) is 36.2. The molecule has 0 amide bonds. The van der Waals surface area contributed by atoms with E-state index in [-0.39, 0.29) is 0 Å². The lowest BCUT2D eigenvalue weighted by Gasteiger charge is -2.51. The van der Waals surface area contributed by atoms with Gasteiger partial charge < -0.3 is 5.32 Å². The van der Waals surface area contributed by atoms with E-state index < -0.39 is 0 Å². The van der Waals surface area contributed by atoms with Crippen LogP contribution in [0.5, 0.6) is 0 Å². The van der Waals surface area contributed by atoms with Gasteiger partial charge in [-0.3, -0.25) is 25.8 Å². The van der Waals surface area contributed by atoms with Gasteiger partial charge in [0.2, 0.25) is 0 Å². The molecule has 0 aromatic rings. The molecule has 0 radical (unpaired) electrons. The van der Waals surface area contributed by atoms with E-state index in [1.807, 2.05) is 0 Å². The Hall–Kier alpha value is -0.240. The summed E-state index contributed by atoms with van der Waals surface area (Å²) < 4.78 is 0. The number of piperidine rings is 1. The first-order chi connectivity index (χ1) is 27.8. The third-order valence-electron chi connectivity index (χ3n) is 19.4. The lowest BCUT2D eigenvalue weighted by atomic mass is 9.69. The number of fused-ring (bicyclic) bond motifs is 3. The second-order valence-electron chi connectivity index (χ2n) is 22.4. The van der Waals surface area contributed by atoms with Gasteiger partial charge in [0.05, 0.1) is 24.7 Å². The Morgan fingerprint density at radius 3 is 1.36 bits per heavy atom. The van der Waals surface area contributed by atoms with Crippen LogP contribution in [0.25, 0.3) is 0 Å². The van der Waals surface area contributed by atoms with Crippen molar-refractivity contribution in [1.29, 1.82) is 0 Å². The lowest BCUT2D eigenvalue weighted by molar-refractivity contribution is -0.00957. The number of hydrogen-bond donors (Lipinski definition) is 4. The molecule has 7 aliphatic carbocycles. The molecule has 7 unspecified atom stereocenters. The van der Waals surface area contributed by atoms with Crippen LogP contribution in [0.15, 0.2) is 0 Å². The predicted molar refractivity (Wildman–Crippen MR) is 232 cm³/mol. The molecular weight excluding hydrogens is 685 g/mol. The highest BCUT2D eigenvalue weighted by molar-refractivity contribution is 5.08. The smallest absolute Gasteiger partial charge is 0.0634 e. The molecule has 6 nitrogen and oxygen atoms in total. The fourth-order valence-electron chi connectivity index (χ4n) is 16.6. The minimum absolute atomic E-state index is 0.526. The van der Waals surface area contributed by atoms with Crippen molar-refractivity contribution < 1.29 is 0 Å². The van der Waals surface area contributed by atoms with Gasteiger partial charge in [-0.05, 0) is 183 Å². The van der Waals surface area contributed by atoms with Crippen LogP contribution in [-0.2, 0) is 0 Å². The van der Waals surface area contributed by atoms with Gasteiger partial charge in [-0.2, -0.15) is 0 Å². The van der Waals surface area contributed by atoms with Crippen LogP contribution in [0.1, 0.15) is 212 Å². The molecular formula is C50H88N6. The molecule has 6 heteroatoms. The van der Waals surface area contributed by atoms with Crippen molar-refractivity contribution in [3.8, 4) is 0 Å². The van der Waals surface area contributed by atoms with Gasteiger partial charge in [0.1, 0.15) is 0 Å². The molecule has 3 saturated heterocycles. The third kappa shape index (κ3) is 8.62. The molecule has 0 bridgehead atoms. The molecule has 0 aromatic carbocycles. The molecule has 10 rings (SSSR count). The summed E-state index contributed by atoms with van der Waals surface area (Å²) >= 11 is 0. The summed E-state index contributed by atoms with van der Waals surface area (Å²) in [5.74, 6) is 6.34. The molecule has 10 aliphatic rings. The second kappa shape index (κ2) is 18.8. The van der Waals surface area contributed by atoms with E-state index in [0.29, 0.717) is 24.7 Å². The van der Waals surface area contributed by atoms with Crippen LogP contribution < -0.4 is 21.3 Å². The SMILES string of the molecule is C1CCC(C2NC(C3CCCCC3)NC(C3CCC(C4CCC(N5C6CCC(N(C7CCCCC7)C7CCCCC7)CC6C6CCCNC65)CC4)CC3)N2)CC1. The Labute approximate surface area is 344 Å². The molecule has 3 heterocycles. The van der Waals surface area contributed by atoms with Crippen molar-refractivity contribution in [2.75, 3.05) is 6.54 Å². The van der Waals surface area contributed by atoms with Crippen LogP contribution in [0.2, 0.25) is 0 Å². The van der Waals surface area contributed by atoms with E-state index in [1.54, 1.807) is 0 Å². The van der Waals surface area contributed by atoms with Crippen LogP contribution in [0, 0.1) is 41.4 Å². The zero-order valence-corrected chi connectivity index (χ0v) is 36.2.